The lowest BCUT2D eigenvalue weighted by Gasteiger charge is -2.48. The van der Waals surface area contributed by atoms with Gasteiger partial charge in [0.15, 0.2) is 18.9 Å². The van der Waals surface area contributed by atoms with Gasteiger partial charge in [-0.05, 0) is 51.4 Å². The predicted molar refractivity (Wildman–Crippen MR) is 351 cm³/mol. The maximum absolute atomic E-state index is 13.4. The highest BCUT2D eigenvalue weighted by Gasteiger charge is 2.53. The first-order valence-corrected chi connectivity index (χ1v) is 36.2. The van der Waals surface area contributed by atoms with Crippen LogP contribution in [0.3, 0.4) is 0 Å². The molecule has 17 atom stereocenters. The summed E-state index contributed by atoms with van der Waals surface area (Å²) in [6, 6.07) is -0.971. The number of ether oxygens (including phenoxy) is 6. The molecule has 90 heavy (non-hydrogen) atoms. The number of amides is 1. The number of carbonyl (C=O) groups is 1. The zero-order chi connectivity index (χ0) is 65.4. The van der Waals surface area contributed by atoms with E-state index in [1.54, 1.807) is 6.08 Å². The predicted octanol–water partition coefficient (Wildman–Crippen LogP) is 10.00. The van der Waals surface area contributed by atoms with E-state index in [2.05, 4.69) is 43.5 Å². The van der Waals surface area contributed by atoms with Crippen LogP contribution in [0, 0.1) is 0 Å². The largest absolute Gasteiger partial charge is 0.394 e. The summed E-state index contributed by atoms with van der Waals surface area (Å²) in [6.07, 6.45) is 35.6. The summed E-state index contributed by atoms with van der Waals surface area (Å²) < 4.78 is 34.3. The molecule has 0 aromatic heterocycles. The topological polar surface area (TPSA) is 307 Å². The standard InChI is InChI=1S/C71H131NO18/c1-3-5-7-9-11-13-15-17-19-20-21-22-23-24-25-26-27-28-29-30-31-32-33-34-35-37-39-41-43-45-47-49-59(77)72-54(55(76)48-46-44-42-40-38-36-18-16-14-12-10-8-6-4-2)53-85-69-65(83)62(80)67(57(51-74)87-69)90-71-66(84)63(81)68(58(52-75)88-71)89-70-64(82)61(79)60(78)56(50-73)86-70/h15,17,20-21,46,48,54-58,60-71,73-76,78-84H,3-14,16,18-19,22-45,47,49-53H2,1-2H3,(H,72,77)/b17-15-,21-20-,48-46+. The molecule has 3 heterocycles. The van der Waals surface area contributed by atoms with Gasteiger partial charge in [0.1, 0.15) is 73.2 Å². The average molecular weight is 1290 g/mol. The van der Waals surface area contributed by atoms with Crippen LogP contribution in [0.2, 0.25) is 0 Å². The highest BCUT2D eigenvalue weighted by Crippen LogP contribution is 2.33. The molecule has 0 spiro atoms. The van der Waals surface area contributed by atoms with Crippen molar-refractivity contribution >= 4 is 5.91 Å². The molecule has 3 saturated heterocycles. The fourth-order valence-corrected chi connectivity index (χ4v) is 12.3. The Morgan fingerprint density at radius 1 is 0.400 bits per heavy atom. The Labute approximate surface area is 542 Å². The minimum Gasteiger partial charge on any atom is -0.394 e. The smallest absolute Gasteiger partial charge is 0.220 e. The lowest BCUT2D eigenvalue weighted by Crippen LogP contribution is -2.66. The Bertz CT molecular complexity index is 1780. The van der Waals surface area contributed by atoms with Crippen LogP contribution in [-0.2, 0) is 33.2 Å². The quantitative estimate of drug-likeness (QED) is 0.0199. The molecule has 0 aromatic rings. The number of allylic oxidation sites excluding steroid dienone is 5. The molecule has 12 N–H and O–H groups in total. The number of carbonyl (C=O) groups excluding carboxylic acids is 1. The van der Waals surface area contributed by atoms with Crippen LogP contribution in [0.5, 0.6) is 0 Å². The molecule has 0 bridgehead atoms. The Morgan fingerprint density at radius 3 is 1.13 bits per heavy atom. The molecule has 17 unspecified atom stereocenters. The third-order valence-corrected chi connectivity index (χ3v) is 18.2. The first-order valence-electron chi connectivity index (χ1n) is 36.2. The van der Waals surface area contributed by atoms with Gasteiger partial charge in [-0.2, -0.15) is 0 Å². The van der Waals surface area contributed by atoms with Gasteiger partial charge in [-0.25, -0.2) is 0 Å². The summed E-state index contributed by atoms with van der Waals surface area (Å²) in [6.45, 7) is 1.74. The van der Waals surface area contributed by atoms with E-state index < -0.39 is 124 Å². The number of aliphatic hydroxyl groups is 11. The van der Waals surface area contributed by atoms with Gasteiger partial charge in [-0.1, -0.05) is 256 Å². The molecule has 3 aliphatic rings. The second kappa shape index (κ2) is 53.2. The third-order valence-electron chi connectivity index (χ3n) is 18.2. The van der Waals surface area contributed by atoms with Crippen molar-refractivity contribution in [2.75, 3.05) is 26.4 Å². The van der Waals surface area contributed by atoms with Crippen molar-refractivity contribution in [3.8, 4) is 0 Å². The van der Waals surface area contributed by atoms with E-state index in [4.69, 9.17) is 28.4 Å². The maximum atomic E-state index is 13.4. The zero-order valence-corrected chi connectivity index (χ0v) is 55.9. The van der Waals surface area contributed by atoms with E-state index in [1.807, 2.05) is 6.08 Å². The summed E-state index contributed by atoms with van der Waals surface area (Å²) in [4.78, 5) is 13.4. The van der Waals surface area contributed by atoms with E-state index in [0.29, 0.717) is 6.42 Å². The summed E-state index contributed by atoms with van der Waals surface area (Å²) in [5.74, 6) is -0.272. The summed E-state index contributed by atoms with van der Waals surface area (Å²) in [5.41, 5.74) is 0. The van der Waals surface area contributed by atoms with Crippen LogP contribution >= 0.6 is 0 Å². The van der Waals surface area contributed by atoms with Gasteiger partial charge in [0.05, 0.1) is 38.6 Å². The molecule has 3 rings (SSSR count). The molecular formula is C71H131NO18. The van der Waals surface area contributed by atoms with Crippen molar-refractivity contribution in [1.29, 1.82) is 0 Å². The first kappa shape index (κ1) is 82.2. The Hall–Kier alpha value is -1.99. The van der Waals surface area contributed by atoms with Gasteiger partial charge in [0.25, 0.3) is 0 Å². The molecule has 19 nitrogen and oxygen atoms in total. The van der Waals surface area contributed by atoms with E-state index in [0.717, 1.165) is 51.4 Å². The Balaban J connectivity index is 1.37. The minimum atomic E-state index is -1.98. The molecule has 19 heteroatoms. The minimum absolute atomic E-state index is 0.246. The fourth-order valence-electron chi connectivity index (χ4n) is 12.3. The number of nitrogens with one attached hydrogen (secondary N) is 1. The fraction of sp³-hybridized carbons (Fsp3) is 0.901. The van der Waals surface area contributed by atoms with Crippen molar-refractivity contribution < 1.29 is 89.4 Å². The molecule has 0 aliphatic carbocycles. The van der Waals surface area contributed by atoms with E-state index in [9.17, 15) is 61.0 Å². The van der Waals surface area contributed by atoms with Crippen LogP contribution in [0.4, 0.5) is 0 Å². The average Bonchev–Trinajstić information content (AvgIpc) is 0.908. The van der Waals surface area contributed by atoms with Crippen molar-refractivity contribution in [3.05, 3.63) is 36.5 Å². The van der Waals surface area contributed by atoms with Gasteiger partial charge in [-0.15, -0.1) is 0 Å². The molecule has 528 valence electrons. The van der Waals surface area contributed by atoms with E-state index in [-0.39, 0.29) is 18.9 Å². The number of unbranched alkanes of at least 4 members (excludes halogenated alkanes) is 36. The Kier molecular flexibility index (Phi) is 48.6. The molecule has 0 radical (unpaired) electrons. The molecule has 0 saturated carbocycles. The van der Waals surface area contributed by atoms with Crippen LogP contribution in [-0.4, -0.2) is 193 Å². The highest BCUT2D eigenvalue weighted by atomic mass is 16.8. The van der Waals surface area contributed by atoms with Crippen LogP contribution in [0.25, 0.3) is 0 Å². The highest BCUT2D eigenvalue weighted by molar-refractivity contribution is 5.76. The van der Waals surface area contributed by atoms with Crippen LogP contribution in [0.1, 0.15) is 277 Å². The second-order valence-electron chi connectivity index (χ2n) is 26.1. The van der Waals surface area contributed by atoms with Gasteiger partial charge in [-0.3, -0.25) is 4.79 Å². The van der Waals surface area contributed by atoms with Crippen LogP contribution in [0.15, 0.2) is 36.5 Å². The first-order chi connectivity index (χ1) is 43.8. The molecule has 3 aliphatic heterocycles. The number of aliphatic hydroxyl groups excluding tert-OH is 11. The lowest BCUT2D eigenvalue weighted by atomic mass is 9.96. The normalized spacial score (nSPS) is 28.2. The second-order valence-corrected chi connectivity index (χ2v) is 26.1. The van der Waals surface area contributed by atoms with Crippen molar-refractivity contribution in [2.24, 2.45) is 0 Å². The SMILES string of the molecule is CCCCCCC/C=C\C/C=C\CCCCCCCCCCCCCCCCCCCCCC(=O)NC(COC1OC(CO)C(OC2OC(CO)C(OC3OC(CO)C(O)C(O)C3O)C(O)C2O)C(O)C1O)C(O)/C=C/CCCCCCCCCCCCCC. The van der Waals surface area contributed by atoms with Crippen molar-refractivity contribution in [2.45, 2.75) is 381 Å². The van der Waals surface area contributed by atoms with Gasteiger partial charge in [0, 0.05) is 6.42 Å². The zero-order valence-electron chi connectivity index (χ0n) is 55.9. The molecular weight excluding hydrogens is 1150 g/mol. The van der Waals surface area contributed by atoms with Crippen LogP contribution < -0.4 is 5.32 Å². The summed E-state index contributed by atoms with van der Waals surface area (Å²) >= 11 is 0. The summed E-state index contributed by atoms with van der Waals surface area (Å²) in [5, 5.41) is 120. The molecule has 0 aromatic carbocycles. The lowest BCUT2D eigenvalue weighted by molar-refractivity contribution is -0.379. The number of hydrogen-bond donors (Lipinski definition) is 12. The molecule has 3 fully saturated rings. The van der Waals surface area contributed by atoms with E-state index in [1.165, 1.54) is 199 Å². The van der Waals surface area contributed by atoms with Gasteiger partial charge >= 0.3 is 0 Å². The number of hydrogen-bond acceptors (Lipinski definition) is 18. The summed E-state index contributed by atoms with van der Waals surface area (Å²) in [7, 11) is 0. The number of rotatable bonds is 56. The van der Waals surface area contributed by atoms with Crippen molar-refractivity contribution in [3.63, 3.8) is 0 Å². The molecule has 1 amide bonds. The monoisotopic (exact) mass is 1290 g/mol. The van der Waals surface area contributed by atoms with E-state index >= 15 is 0 Å². The van der Waals surface area contributed by atoms with Crippen molar-refractivity contribution in [1.82, 2.24) is 5.32 Å². The Morgan fingerprint density at radius 2 is 0.733 bits per heavy atom. The van der Waals surface area contributed by atoms with Gasteiger partial charge in [0.2, 0.25) is 5.91 Å². The third kappa shape index (κ3) is 34.6. The van der Waals surface area contributed by atoms with Gasteiger partial charge < -0.3 is 89.9 Å². The maximum Gasteiger partial charge on any atom is 0.220 e.